The van der Waals surface area contributed by atoms with Crippen LogP contribution in [0.5, 0.6) is 5.75 Å². The van der Waals surface area contributed by atoms with Crippen molar-refractivity contribution in [3.05, 3.63) is 66.7 Å². The Hall–Kier alpha value is -2.80. The van der Waals surface area contributed by atoms with E-state index >= 15 is 0 Å². The second kappa shape index (κ2) is 8.75. The number of benzene rings is 2. The van der Waals surface area contributed by atoms with Crippen molar-refractivity contribution >= 4 is 27.4 Å². The van der Waals surface area contributed by atoms with Crippen molar-refractivity contribution in [1.29, 1.82) is 0 Å². The van der Waals surface area contributed by atoms with Gasteiger partial charge in [-0.15, -0.1) is 11.3 Å². The summed E-state index contributed by atoms with van der Waals surface area (Å²) >= 11 is 1.32. The number of ether oxygens (including phenoxy) is 2. The summed E-state index contributed by atoms with van der Waals surface area (Å²) in [6, 6.07) is 13.3. The van der Waals surface area contributed by atoms with Gasteiger partial charge in [-0.05, 0) is 56.5 Å². The van der Waals surface area contributed by atoms with Gasteiger partial charge in [0.25, 0.3) is 0 Å². The maximum Gasteiger partial charge on any atom is 0.417 e. The number of alkyl halides is 3. The smallest absolute Gasteiger partial charge is 0.417 e. The average Bonchev–Trinajstić information content (AvgIpc) is 3.10. The summed E-state index contributed by atoms with van der Waals surface area (Å²) < 4.78 is 53.6. The van der Waals surface area contributed by atoms with Crippen LogP contribution >= 0.6 is 11.3 Å². The number of hydrogen-bond donors (Lipinski definition) is 0. The van der Waals surface area contributed by atoms with Crippen LogP contribution in [0.4, 0.5) is 13.2 Å². The summed E-state index contributed by atoms with van der Waals surface area (Å²) in [4.78, 5) is 11.9. The maximum atomic E-state index is 13.9. The van der Waals surface area contributed by atoms with Gasteiger partial charge in [-0.3, -0.25) is 0 Å². The van der Waals surface area contributed by atoms with Crippen molar-refractivity contribution < 1.29 is 27.4 Å². The molecule has 1 heterocycles. The van der Waals surface area contributed by atoms with Crippen molar-refractivity contribution in [1.82, 2.24) is 0 Å². The number of carbonyl (C=O) groups is 1. The molecule has 0 radical (unpaired) electrons. The third-order valence-electron chi connectivity index (χ3n) is 4.64. The highest BCUT2D eigenvalue weighted by molar-refractivity contribution is 7.22. The number of carbonyl (C=O) groups excluding carboxylic acids is 1. The van der Waals surface area contributed by atoms with Crippen molar-refractivity contribution in [2.75, 3.05) is 0 Å². The minimum absolute atomic E-state index is 0.101. The molecule has 0 aliphatic rings. The third-order valence-corrected chi connectivity index (χ3v) is 5.79. The number of hydrogen-bond acceptors (Lipinski definition) is 4. The van der Waals surface area contributed by atoms with E-state index in [-0.39, 0.29) is 11.3 Å². The average molecular weight is 449 g/mol. The molecule has 3 rings (SSSR count). The van der Waals surface area contributed by atoms with Gasteiger partial charge in [0.1, 0.15) is 17.5 Å². The first-order valence-electron chi connectivity index (χ1n) is 9.71. The van der Waals surface area contributed by atoms with Gasteiger partial charge in [-0.25, -0.2) is 4.79 Å². The molecule has 0 fully saturated rings. The highest BCUT2D eigenvalue weighted by atomic mass is 32.1. The SMILES string of the molecule is C=CC(=O)OC(C)CC(C)(C)Oc1ccc(-c2cc3ccccc3s2)c(C(F)(F)F)c1. The van der Waals surface area contributed by atoms with Crippen LogP contribution in [0.3, 0.4) is 0 Å². The predicted molar refractivity (Wildman–Crippen MR) is 117 cm³/mol. The second-order valence-corrected chi connectivity index (χ2v) is 8.95. The van der Waals surface area contributed by atoms with Gasteiger partial charge in [0.15, 0.2) is 0 Å². The topological polar surface area (TPSA) is 35.5 Å². The van der Waals surface area contributed by atoms with Crippen LogP contribution in [-0.4, -0.2) is 17.7 Å². The summed E-state index contributed by atoms with van der Waals surface area (Å²) in [5, 5.41) is 0.903. The predicted octanol–water partition coefficient (Wildman–Crippen LogP) is 7.25. The first kappa shape index (κ1) is 22.9. The number of thiophene rings is 1. The van der Waals surface area contributed by atoms with Crippen LogP contribution < -0.4 is 4.74 Å². The third kappa shape index (κ3) is 5.67. The van der Waals surface area contributed by atoms with E-state index in [1.54, 1.807) is 26.8 Å². The molecule has 0 aliphatic carbocycles. The Morgan fingerprint density at radius 1 is 1.16 bits per heavy atom. The molecule has 0 saturated carbocycles. The van der Waals surface area contributed by atoms with Gasteiger partial charge in [0.05, 0.1) is 5.56 Å². The van der Waals surface area contributed by atoms with Gasteiger partial charge >= 0.3 is 12.1 Å². The highest BCUT2D eigenvalue weighted by Crippen LogP contribution is 2.43. The van der Waals surface area contributed by atoms with Crippen LogP contribution in [0.25, 0.3) is 20.5 Å². The van der Waals surface area contributed by atoms with Crippen LogP contribution in [0.2, 0.25) is 0 Å². The Labute approximate surface area is 183 Å². The summed E-state index contributed by atoms with van der Waals surface area (Å²) in [6.07, 6.45) is -3.67. The molecule has 0 amide bonds. The molecule has 7 heteroatoms. The molecular weight excluding hydrogens is 425 g/mol. The van der Waals surface area contributed by atoms with Crippen LogP contribution in [0, 0.1) is 0 Å². The Morgan fingerprint density at radius 3 is 2.52 bits per heavy atom. The lowest BCUT2D eigenvalue weighted by Gasteiger charge is -2.29. The minimum atomic E-state index is -4.54. The maximum absolute atomic E-state index is 13.9. The van der Waals surface area contributed by atoms with Crippen molar-refractivity contribution in [3.8, 4) is 16.2 Å². The zero-order valence-electron chi connectivity index (χ0n) is 17.5. The monoisotopic (exact) mass is 448 g/mol. The molecule has 31 heavy (non-hydrogen) atoms. The van der Waals surface area contributed by atoms with E-state index in [9.17, 15) is 18.0 Å². The van der Waals surface area contributed by atoms with Crippen molar-refractivity contribution in [2.24, 2.45) is 0 Å². The van der Waals surface area contributed by atoms with Crippen LogP contribution in [0.1, 0.15) is 32.8 Å². The molecule has 0 N–H and O–H groups in total. The fourth-order valence-electron chi connectivity index (χ4n) is 3.49. The summed E-state index contributed by atoms with van der Waals surface area (Å²) in [7, 11) is 0. The first-order valence-corrected chi connectivity index (χ1v) is 10.5. The zero-order chi connectivity index (χ0) is 22.8. The molecule has 2 aromatic carbocycles. The van der Waals surface area contributed by atoms with Crippen molar-refractivity contribution in [2.45, 2.75) is 45.1 Å². The lowest BCUT2D eigenvalue weighted by atomic mass is 10.0. The fourth-order valence-corrected chi connectivity index (χ4v) is 4.59. The number of rotatable bonds is 7. The summed E-state index contributed by atoms with van der Waals surface area (Å²) in [5.41, 5.74) is -1.49. The van der Waals surface area contributed by atoms with Gasteiger partial charge in [0.2, 0.25) is 0 Å². The fraction of sp³-hybridized carbons (Fsp3) is 0.292. The Balaban J connectivity index is 1.89. The molecule has 0 aliphatic heterocycles. The second-order valence-electron chi connectivity index (χ2n) is 7.87. The van der Waals surface area contributed by atoms with Gasteiger partial charge in [0, 0.05) is 27.6 Å². The van der Waals surface area contributed by atoms with E-state index in [1.165, 1.54) is 23.5 Å². The standard InChI is InChI=1S/C24H23F3O3S/c1-5-22(28)29-15(2)14-23(3,4)30-17-10-11-18(19(13-17)24(25,26)27)21-12-16-8-6-7-9-20(16)31-21/h5-13,15H,1,14H2,2-4H3. The molecule has 164 valence electrons. The Kier molecular flexibility index (Phi) is 6.46. The zero-order valence-corrected chi connectivity index (χ0v) is 18.3. The normalized spacial score (nSPS) is 13.1. The Bertz CT molecular complexity index is 1070. The van der Waals surface area contributed by atoms with E-state index in [0.29, 0.717) is 11.3 Å². The van der Waals surface area contributed by atoms with E-state index in [1.807, 2.05) is 24.3 Å². The lowest BCUT2D eigenvalue weighted by molar-refractivity contribution is -0.144. The highest BCUT2D eigenvalue weighted by Gasteiger charge is 2.35. The van der Waals surface area contributed by atoms with Crippen molar-refractivity contribution in [3.63, 3.8) is 0 Å². The van der Waals surface area contributed by atoms with E-state index in [4.69, 9.17) is 9.47 Å². The molecule has 0 spiro atoms. The number of esters is 1. The summed E-state index contributed by atoms with van der Waals surface area (Å²) in [5.74, 6) is -0.459. The number of halogens is 3. The molecular formula is C24H23F3O3S. The van der Waals surface area contributed by atoms with Gasteiger partial charge < -0.3 is 9.47 Å². The van der Waals surface area contributed by atoms with Crippen LogP contribution in [-0.2, 0) is 15.7 Å². The van der Waals surface area contributed by atoms with Gasteiger partial charge in [-0.1, -0.05) is 24.8 Å². The quantitative estimate of drug-likeness (QED) is 0.282. The van der Waals surface area contributed by atoms with Gasteiger partial charge in [-0.2, -0.15) is 13.2 Å². The summed E-state index contributed by atoms with van der Waals surface area (Å²) in [6.45, 7) is 8.51. The van der Waals surface area contributed by atoms with E-state index < -0.39 is 29.4 Å². The van der Waals surface area contributed by atoms with E-state index in [2.05, 4.69) is 6.58 Å². The minimum Gasteiger partial charge on any atom is -0.488 e. The molecule has 0 bridgehead atoms. The van der Waals surface area contributed by atoms with E-state index in [0.717, 1.165) is 22.2 Å². The molecule has 1 aromatic heterocycles. The number of fused-ring (bicyclic) bond motifs is 1. The molecule has 0 saturated heterocycles. The first-order chi connectivity index (χ1) is 14.5. The molecule has 3 aromatic rings. The molecule has 1 unspecified atom stereocenters. The molecule has 3 nitrogen and oxygen atoms in total. The lowest BCUT2D eigenvalue weighted by Crippen LogP contribution is -2.33. The van der Waals surface area contributed by atoms with Crippen LogP contribution in [0.15, 0.2) is 61.2 Å². The molecule has 1 atom stereocenters. The largest absolute Gasteiger partial charge is 0.488 e. The Morgan fingerprint density at radius 2 is 1.87 bits per heavy atom.